The number of pyridine rings is 1. The van der Waals surface area contributed by atoms with Gasteiger partial charge in [-0.05, 0) is 36.8 Å². The Hall–Kier alpha value is -2.49. The van der Waals surface area contributed by atoms with Crippen LogP contribution in [-0.2, 0) is 6.61 Å². The quantitative estimate of drug-likeness (QED) is 0.788. The van der Waals surface area contributed by atoms with Gasteiger partial charge in [-0.1, -0.05) is 12.1 Å². The summed E-state index contributed by atoms with van der Waals surface area (Å²) in [6.45, 7) is 2.51. The van der Waals surface area contributed by atoms with Crippen LogP contribution in [0.15, 0.2) is 48.8 Å². The summed E-state index contributed by atoms with van der Waals surface area (Å²) in [5, 5.41) is 3.12. The second-order valence-electron chi connectivity index (χ2n) is 4.74. The van der Waals surface area contributed by atoms with Crippen LogP contribution in [-0.4, -0.2) is 16.4 Å². The summed E-state index contributed by atoms with van der Waals surface area (Å²) in [4.78, 5) is 4.42. The highest BCUT2D eigenvalue weighted by Gasteiger charge is 2.05. The van der Waals surface area contributed by atoms with E-state index in [0.29, 0.717) is 6.61 Å². The third-order valence-corrected chi connectivity index (χ3v) is 3.25. The summed E-state index contributed by atoms with van der Waals surface area (Å²) in [6, 6.07) is 12.1. The third-order valence-electron chi connectivity index (χ3n) is 3.25. The van der Waals surface area contributed by atoms with Crippen LogP contribution >= 0.6 is 0 Å². The van der Waals surface area contributed by atoms with Crippen molar-refractivity contribution in [2.75, 3.05) is 12.4 Å². The maximum atomic E-state index is 5.80. The molecule has 3 aromatic rings. The van der Waals surface area contributed by atoms with Gasteiger partial charge in [0.15, 0.2) is 5.82 Å². The van der Waals surface area contributed by atoms with Gasteiger partial charge >= 0.3 is 0 Å². The summed E-state index contributed by atoms with van der Waals surface area (Å²) >= 11 is 0. The van der Waals surface area contributed by atoms with Crippen molar-refractivity contribution in [1.82, 2.24) is 9.38 Å². The van der Waals surface area contributed by atoms with E-state index >= 15 is 0 Å². The SMILES string of the molecule is CNc1ccn2c(COc3cccc(C)c3)ncc2c1. The largest absolute Gasteiger partial charge is 0.486 e. The second-order valence-corrected chi connectivity index (χ2v) is 4.74. The Morgan fingerprint density at radius 3 is 2.95 bits per heavy atom. The molecule has 0 aliphatic heterocycles. The summed E-state index contributed by atoms with van der Waals surface area (Å²) in [6.07, 6.45) is 3.86. The van der Waals surface area contributed by atoms with Gasteiger partial charge in [0.1, 0.15) is 12.4 Å². The minimum absolute atomic E-state index is 0.455. The molecular formula is C16H17N3O. The first-order valence-electron chi connectivity index (χ1n) is 6.59. The molecule has 0 amide bonds. The minimum Gasteiger partial charge on any atom is -0.486 e. The Balaban J connectivity index is 1.81. The van der Waals surface area contributed by atoms with E-state index in [4.69, 9.17) is 4.74 Å². The van der Waals surface area contributed by atoms with Gasteiger partial charge in [-0.2, -0.15) is 0 Å². The number of aryl methyl sites for hydroxylation is 1. The molecule has 0 unspecified atom stereocenters. The van der Waals surface area contributed by atoms with Crippen LogP contribution in [0, 0.1) is 6.92 Å². The van der Waals surface area contributed by atoms with E-state index in [-0.39, 0.29) is 0 Å². The van der Waals surface area contributed by atoms with Crippen molar-refractivity contribution in [2.45, 2.75) is 13.5 Å². The maximum absolute atomic E-state index is 5.80. The number of aromatic nitrogens is 2. The highest BCUT2D eigenvalue weighted by atomic mass is 16.5. The van der Waals surface area contributed by atoms with Gasteiger partial charge in [-0.3, -0.25) is 0 Å². The number of ether oxygens (including phenoxy) is 1. The van der Waals surface area contributed by atoms with Crippen LogP contribution in [0.1, 0.15) is 11.4 Å². The number of anilines is 1. The number of rotatable bonds is 4. The number of fused-ring (bicyclic) bond motifs is 1. The van der Waals surface area contributed by atoms with Crippen LogP contribution in [0.4, 0.5) is 5.69 Å². The molecule has 0 aliphatic rings. The molecule has 1 N–H and O–H groups in total. The van der Waals surface area contributed by atoms with E-state index in [1.807, 2.05) is 48.1 Å². The van der Waals surface area contributed by atoms with Gasteiger partial charge in [-0.15, -0.1) is 0 Å². The molecule has 20 heavy (non-hydrogen) atoms. The molecule has 0 fully saturated rings. The lowest BCUT2D eigenvalue weighted by Crippen LogP contribution is -2.01. The summed E-state index contributed by atoms with van der Waals surface area (Å²) < 4.78 is 7.84. The predicted octanol–water partition coefficient (Wildman–Crippen LogP) is 3.26. The minimum atomic E-state index is 0.455. The van der Waals surface area contributed by atoms with Crippen molar-refractivity contribution in [2.24, 2.45) is 0 Å². The Labute approximate surface area is 118 Å². The van der Waals surface area contributed by atoms with Gasteiger partial charge in [0, 0.05) is 18.9 Å². The highest BCUT2D eigenvalue weighted by Crippen LogP contribution is 2.16. The van der Waals surface area contributed by atoms with Crippen molar-refractivity contribution in [3.8, 4) is 5.75 Å². The monoisotopic (exact) mass is 267 g/mol. The van der Waals surface area contributed by atoms with E-state index in [1.165, 1.54) is 5.56 Å². The zero-order valence-electron chi connectivity index (χ0n) is 11.6. The van der Waals surface area contributed by atoms with E-state index < -0.39 is 0 Å². The molecule has 2 aromatic heterocycles. The van der Waals surface area contributed by atoms with Crippen LogP contribution < -0.4 is 10.1 Å². The Bertz CT molecular complexity index is 733. The van der Waals surface area contributed by atoms with Crippen molar-refractivity contribution in [3.05, 3.63) is 60.2 Å². The molecular weight excluding hydrogens is 250 g/mol. The highest BCUT2D eigenvalue weighted by molar-refractivity contribution is 5.57. The van der Waals surface area contributed by atoms with Gasteiger partial charge in [0.05, 0.1) is 11.7 Å². The zero-order chi connectivity index (χ0) is 13.9. The lowest BCUT2D eigenvalue weighted by molar-refractivity contribution is 0.295. The second kappa shape index (κ2) is 5.25. The third kappa shape index (κ3) is 2.45. The molecule has 2 heterocycles. The summed E-state index contributed by atoms with van der Waals surface area (Å²) in [7, 11) is 1.91. The predicted molar refractivity (Wildman–Crippen MR) is 80.2 cm³/mol. The molecule has 0 saturated heterocycles. The molecule has 4 heteroatoms. The van der Waals surface area contributed by atoms with Crippen LogP contribution in [0.25, 0.3) is 5.52 Å². The standard InChI is InChI=1S/C16H17N3O/c1-12-4-3-5-15(8-12)20-11-16-18-10-14-9-13(17-2)6-7-19(14)16/h3-10,17H,11H2,1-2H3. The number of benzene rings is 1. The number of nitrogens with zero attached hydrogens (tertiary/aromatic N) is 2. The lowest BCUT2D eigenvalue weighted by atomic mass is 10.2. The smallest absolute Gasteiger partial charge is 0.151 e. The van der Waals surface area contributed by atoms with Gasteiger partial charge in [0.25, 0.3) is 0 Å². The number of nitrogens with one attached hydrogen (secondary N) is 1. The fraction of sp³-hybridized carbons (Fsp3) is 0.188. The normalized spacial score (nSPS) is 10.7. The van der Waals surface area contributed by atoms with Crippen LogP contribution in [0.2, 0.25) is 0 Å². The summed E-state index contributed by atoms with van der Waals surface area (Å²) in [5.74, 6) is 1.76. The number of hydrogen-bond acceptors (Lipinski definition) is 3. The first kappa shape index (κ1) is 12.5. The molecule has 0 radical (unpaired) electrons. The molecule has 0 bridgehead atoms. The van der Waals surface area contributed by atoms with Crippen LogP contribution in [0.5, 0.6) is 5.75 Å². The number of hydrogen-bond donors (Lipinski definition) is 1. The molecule has 1 aromatic carbocycles. The molecule has 3 rings (SSSR count). The average Bonchev–Trinajstić information content (AvgIpc) is 2.87. The van der Waals surface area contributed by atoms with Crippen molar-refractivity contribution in [3.63, 3.8) is 0 Å². The molecule has 102 valence electrons. The Morgan fingerprint density at radius 2 is 2.15 bits per heavy atom. The molecule has 0 atom stereocenters. The Kier molecular flexibility index (Phi) is 3.29. The van der Waals surface area contributed by atoms with E-state index in [1.54, 1.807) is 0 Å². The molecule has 4 nitrogen and oxygen atoms in total. The topological polar surface area (TPSA) is 38.6 Å². The van der Waals surface area contributed by atoms with Crippen molar-refractivity contribution < 1.29 is 4.74 Å². The zero-order valence-corrected chi connectivity index (χ0v) is 11.6. The van der Waals surface area contributed by atoms with Crippen molar-refractivity contribution in [1.29, 1.82) is 0 Å². The fourth-order valence-corrected chi connectivity index (χ4v) is 2.17. The van der Waals surface area contributed by atoms with Crippen molar-refractivity contribution >= 4 is 11.2 Å². The molecule has 0 saturated carbocycles. The average molecular weight is 267 g/mol. The summed E-state index contributed by atoms with van der Waals surface area (Å²) in [5.41, 5.74) is 3.32. The lowest BCUT2D eigenvalue weighted by Gasteiger charge is -2.07. The molecule has 0 spiro atoms. The fourth-order valence-electron chi connectivity index (χ4n) is 2.17. The van der Waals surface area contributed by atoms with E-state index in [9.17, 15) is 0 Å². The van der Waals surface area contributed by atoms with Crippen LogP contribution in [0.3, 0.4) is 0 Å². The number of imidazole rings is 1. The Morgan fingerprint density at radius 1 is 1.25 bits per heavy atom. The first-order chi connectivity index (χ1) is 9.76. The van der Waals surface area contributed by atoms with E-state index in [2.05, 4.69) is 29.4 Å². The van der Waals surface area contributed by atoms with E-state index in [0.717, 1.165) is 22.8 Å². The van der Waals surface area contributed by atoms with Gasteiger partial charge in [-0.25, -0.2) is 4.98 Å². The molecule has 0 aliphatic carbocycles. The maximum Gasteiger partial charge on any atom is 0.151 e. The van der Waals surface area contributed by atoms with Gasteiger partial charge in [0.2, 0.25) is 0 Å². The first-order valence-corrected chi connectivity index (χ1v) is 6.59. The van der Waals surface area contributed by atoms with Gasteiger partial charge < -0.3 is 14.5 Å².